The fourth-order valence-corrected chi connectivity index (χ4v) is 13.0. The summed E-state index contributed by atoms with van der Waals surface area (Å²) in [5, 5.41) is 0. The number of hydrogen-bond acceptors (Lipinski definition) is 1. The molecule has 0 unspecified atom stereocenters. The van der Waals surface area contributed by atoms with Crippen LogP contribution in [0.2, 0.25) is 0 Å². The van der Waals surface area contributed by atoms with Gasteiger partial charge in [-0.1, -0.05) is 0 Å². The van der Waals surface area contributed by atoms with Gasteiger partial charge in [-0.25, -0.2) is 0 Å². The van der Waals surface area contributed by atoms with Crippen molar-refractivity contribution < 1.29 is 0 Å². The third-order valence-corrected chi connectivity index (χ3v) is 20.5. The summed E-state index contributed by atoms with van der Waals surface area (Å²) in [7, 11) is 0. The van der Waals surface area contributed by atoms with Crippen molar-refractivity contribution in [3.63, 3.8) is 0 Å². The van der Waals surface area contributed by atoms with Crippen molar-refractivity contribution in [2.45, 2.75) is 158 Å². The molecule has 0 fully saturated rings. The maximum absolute atomic E-state index is 2.71. The molecule has 0 spiro atoms. The molecule has 0 saturated heterocycles. The van der Waals surface area contributed by atoms with Crippen LogP contribution in [0.3, 0.4) is 0 Å². The second kappa shape index (κ2) is 12.7. The van der Waals surface area contributed by atoms with Crippen LogP contribution in [-0.4, -0.2) is 0 Å². The second-order valence-electron chi connectivity index (χ2n) is 18.2. The molecule has 6 rings (SSSR count). The predicted molar refractivity (Wildman–Crippen MR) is 238 cm³/mol. The zero-order valence-corrected chi connectivity index (χ0v) is 45.1. The van der Waals surface area contributed by atoms with Crippen molar-refractivity contribution in [2.24, 2.45) is 0 Å². The van der Waals surface area contributed by atoms with Gasteiger partial charge in [-0.3, -0.25) is 0 Å². The average molecular weight is 984 g/mol. The van der Waals surface area contributed by atoms with Gasteiger partial charge in [0.05, 0.1) is 11.4 Å². The molecule has 1 aliphatic rings. The van der Waals surface area contributed by atoms with Crippen molar-refractivity contribution >= 4 is 23.1 Å². The Morgan fingerprint density at radius 3 is 0.873 bits per heavy atom. The molecule has 0 N–H and O–H groups in total. The minimum absolute atomic E-state index is 0.0595. The van der Waals surface area contributed by atoms with E-state index in [1.807, 2.05) is 0 Å². The molecule has 0 amide bonds. The van der Waals surface area contributed by atoms with E-state index in [1.165, 1.54) is 145 Å². The number of benzene rings is 5. The molecule has 1 nitrogen and oxygen atoms in total. The topological polar surface area (TPSA) is 3.24 Å². The summed E-state index contributed by atoms with van der Waals surface area (Å²) < 4.78 is 0.440. The fraction of sp³-hybridized carbons (Fsp3) is 0.434. The summed E-state index contributed by atoms with van der Waals surface area (Å²) in [5.74, 6) is 0. The molecule has 0 radical (unpaired) electrons. The number of hydrogen-bond donors (Lipinski definition) is 0. The van der Waals surface area contributed by atoms with Crippen LogP contribution < -0.4 is 11.0 Å². The van der Waals surface area contributed by atoms with E-state index in [0.29, 0.717) is 0 Å². The molecule has 285 valence electrons. The van der Waals surface area contributed by atoms with E-state index in [1.54, 1.807) is 22.8 Å². The first-order chi connectivity index (χ1) is 25.4. The van der Waals surface area contributed by atoms with E-state index in [2.05, 4.69) is 157 Å². The summed E-state index contributed by atoms with van der Waals surface area (Å²) in [6.45, 7) is 52.3. The Hall–Kier alpha value is -5.10. The minimum atomic E-state index is -0.0595. The first-order valence-electron chi connectivity index (χ1n) is 20.5. The third-order valence-electron chi connectivity index (χ3n) is 15.7. The van der Waals surface area contributed by atoms with E-state index in [4.69, 9.17) is 0 Å². The van der Waals surface area contributed by atoms with Crippen molar-refractivity contribution in [1.82, 2.24) is 0 Å². The molecule has 5 aromatic carbocycles. The van der Waals surface area contributed by atoms with Crippen LogP contribution in [0, 0.1) is 138 Å². The van der Waals surface area contributed by atoms with Crippen LogP contribution >= 0.6 is 0 Å². The van der Waals surface area contributed by atoms with E-state index >= 15 is 0 Å². The van der Waals surface area contributed by atoms with Crippen molar-refractivity contribution in [3.05, 3.63) is 122 Å². The van der Waals surface area contributed by atoms with Crippen molar-refractivity contribution in [3.8, 4) is 22.3 Å². The third kappa shape index (κ3) is 4.98. The molecule has 2 heteroatoms. The number of rotatable bonds is 4. The second-order valence-corrected chi connectivity index (χ2v) is 21.4. The Kier molecular flexibility index (Phi) is 9.16. The Bertz CT molecular complexity index is 2390. The van der Waals surface area contributed by atoms with Gasteiger partial charge in [0.1, 0.15) is 0 Å². The maximum Gasteiger partial charge on any atom is -0.0235 e. The first-order valence-corrected chi connectivity index (χ1v) is 23.7. The molecular weight excluding hydrogens is 918 g/mol. The van der Waals surface area contributed by atoms with E-state index in [-0.39, 0.29) is 5.41 Å². The number of fused-ring (bicyclic) bond motifs is 3. The Balaban J connectivity index is 1.76. The van der Waals surface area contributed by atoms with Gasteiger partial charge in [-0.15, -0.1) is 0 Å². The fourth-order valence-electron chi connectivity index (χ4n) is 11.0. The Morgan fingerprint density at radius 1 is 0.273 bits per heavy atom. The predicted octanol–water partition coefficient (Wildman–Crippen LogP) is 14.5. The average Bonchev–Trinajstić information content (AvgIpc) is 3.39. The van der Waals surface area contributed by atoms with Gasteiger partial charge in [0.15, 0.2) is 0 Å². The van der Waals surface area contributed by atoms with E-state index < -0.39 is 0 Å². The maximum atomic E-state index is 2.71. The van der Waals surface area contributed by atoms with Gasteiger partial charge < -0.3 is 0 Å². The largest absolute Gasteiger partial charge is 0.0429 e. The van der Waals surface area contributed by atoms with Gasteiger partial charge in [0.2, 0.25) is 0 Å². The van der Waals surface area contributed by atoms with Gasteiger partial charge >= 0.3 is 194 Å². The van der Waals surface area contributed by atoms with E-state index in [9.17, 15) is 0 Å². The van der Waals surface area contributed by atoms with Crippen LogP contribution in [0.15, 0.2) is 0 Å². The Labute approximate surface area is 329 Å². The SMILES string of the molecule is Cc1c(C)c(C)c(N(c2c(C)c(C)c(C)c(C)c2C)c2c(C)c(C)c(-c3c(C)c(C)c4c(c3C)C(C)(C)c3c(C)[c]([Rf])c(C)c(C)c3-4)c(C)c2C)c(C)c1C. The monoisotopic (exact) mass is 984 g/mol. The molecule has 0 saturated carbocycles. The molecule has 0 atom stereocenters. The normalized spacial score (nSPS) is 13.2. The number of nitrogens with zero attached hydrogens (tertiary/aromatic N) is 1. The smallest absolute Gasteiger partial charge is 0.0235 e. The molecule has 5 aromatic rings. The van der Waals surface area contributed by atoms with Crippen LogP contribution in [0.4, 0.5) is 17.1 Å². The van der Waals surface area contributed by atoms with Crippen LogP contribution in [0.1, 0.15) is 136 Å². The van der Waals surface area contributed by atoms with Gasteiger partial charge in [-0.2, -0.15) is 0 Å². The van der Waals surface area contributed by atoms with Crippen LogP contribution in [-0.2, 0) is 5.41 Å². The summed E-state index contributed by atoms with van der Waals surface area (Å²) in [6.07, 6.45) is 0. The molecule has 0 aliphatic heterocycles. The summed E-state index contributed by atoms with van der Waals surface area (Å²) >= 11 is 0. The summed E-state index contributed by atoms with van der Waals surface area (Å²) in [4.78, 5) is 2.71. The molecule has 0 bridgehead atoms. The summed E-state index contributed by atoms with van der Waals surface area (Å²) in [6, 6.07) is 1.65. The summed E-state index contributed by atoms with van der Waals surface area (Å²) in [5.41, 5.74) is 41.3. The molecule has 0 aromatic heterocycles. The molecule has 0 heterocycles. The number of anilines is 3. The minimum Gasteiger partial charge on any atom is -0.0429 e. The quantitative estimate of drug-likeness (QED) is 0.173. The van der Waals surface area contributed by atoms with Crippen LogP contribution in [0.25, 0.3) is 22.3 Å². The van der Waals surface area contributed by atoms with Gasteiger partial charge in [-0.05, 0) is 125 Å². The molecule has 1 aliphatic carbocycles. The molecule has 55 heavy (non-hydrogen) atoms. The van der Waals surface area contributed by atoms with Crippen molar-refractivity contribution in [1.29, 1.82) is 0 Å². The van der Waals surface area contributed by atoms with E-state index in [0.717, 1.165) is 0 Å². The standard InChI is InChI=1S/C53H66N.Rf/c1-24-23-25(2)48-46(26(24)3)47-34(11)33(10)45(43(20)49(47)53(48,21)22)44-35(12)41(18)52(42(19)36(44)13)54(50-37(14)29(6)27(4)30(7)38(50)15)51-39(16)31(8)28(5)32(9)40(51)17;/h1-22H3;. The van der Waals surface area contributed by atoms with Gasteiger partial charge in [0, 0.05) is 0 Å². The van der Waals surface area contributed by atoms with Gasteiger partial charge in [0.25, 0.3) is 0 Å². The zero-order chi connectivity index (χ0) is 41.4. The zero-order valence-electron chi connectivity index (χ0n) is 38.7. The first kappa shape index (κ1) is 39.6. The Morgan fingerprint density at radius 2 is 0.509 bits per heavy atom. The van der Waals surface area contributed by atoms with Crippen molar-refractivity contribution in [2.75, 3.05) is 4.90 Å². The van der Waals surface area contributed by atoms with Crippen LogP contribution in [0.5, 0.6) is 0 Å². The molecular formula is C53H66NRf.